The molecule has 5 heteroatoms. The first-order valence-electron chi connectivity index (χ1n) is 6.88. The van der Waals surface area contributed by atoms with Crippen LogP contribution in [0.25, 0.3) is 0 Å². The normalized spacial score (nSPS) is 14.2. The lowest BCUT2D eigenvalue weighted by Gasteiger charge is -2.20. The molecule has 0 saturated carbocycles. The summed E-state index contributed by atoms with van der Waals surface area (Å²) in [6.45, 7) is 9.67. The lowest BCUT2D eigenvalue weighted by molar-refractivity contribution is 0.555. The van der Waals surface area contributed by atoms with Crippen molar-refractivity contribution >= 4 is 10.0 Å². The molecule has 2 N–H and O–H groups in total. The van der Waals surface area contributed by atoms with Gasteiger partial charge in [-0.15, -0.1) is 0 Å². The van der Waals surface area contributed by atoms with E-state index in [1.165, 1.54) is 17.4 Å². The molecule has 0 spiro atoms. The van der Waals surface area contributed by atoms with Crippen LogP contribution in [0.15, 0.2) is 24.3 Å². The summed E-state index contributed by atoms with van der Waals surface area (Å²) in [5, 5.41) is 3.30. The minimum Gasteiger partial charge on any atom is -0.309 e. The third kappa shape index (κ3) is 6.03. The predicted molar refractivity (Wildman–Crippen MR) is 84.4 cm³/mol. The van der Waals surface area contributed by atoms with Crippen molar-refractivity contribution in [2.75, 3.05) is 19.3 Å². The number of sulfonamides is 1. The quantitative estimate of drug-likeness (QED) is 0.792. The van der Waals surface area contributed by atoms with Crippen LogP contribution in [0.5, 0.6) is 0 Å². The monoisotopic (exact) mass is 298 g/mol. The largest absolute Gasteiger partial charge is 0.309 e. The molecule has 0 amide bonds. The van der Waals surface area contributed by atoms with Gasteiger partial charge in [-0.25, -0.2) is 13.1 Å². The summed E-state index contributed by atoms with van der Waals surface area (Å²) in [6.07, 6.45) is 1.17. The molecule has 0 radical (unpaired) electrons. The Balaban J connectivity index is 2.50. The summed E-state index contributed by atoms with van der Waals surface area (Å²) in [5.41, 5.74) is 2.68. The summed E-state index contributed by atoms with van der Waals surface area (Å²) in [4.78, 5) is 0. The molecule has 114 valence electrons. The van der Waals surface area contributed by atoms with E-state index in [4.69, 9.17) is 0 Å². The molecular weight excluding hydrogens is 272 g/mol. The second-order valence-electron chi connectivity index (χ2n) is 6.21. The van der Waals surface area contributed by atoms with Crippen LogP contribution in [-0.4, -0.2) is 27.8 Å². The van der Waals surface area contributed by atoms with E-state index in [1.807, 2.05) is 0 Å². The molecule has 1 atom stereocenters. The van der Waals surface area contributed by atoms with E-state index in [-0.39, 0.29) is 11.5 Å². The number of hydrogen-bond acceptors (Lipinski definition) is 3. The highest BCUT2D eigenvalue weighted by Gasteiger charge is 2.13. The van der Waals surface area contributed by atoms with Crippen LogP contribution in [0.2, 0.25) is 0 Å². The molecule has 1 unspecified atom stereocenters. The minimum atomic E-state index is -3.10. The van der Waals surface area contributed by atoms with Gasteiger partial charge in [0.25, 0.3) is 0 Å². The maximum absolute atomic E-state index is 10.9. The Bertz CT molecular complexity index is 516. The van der Waals surface area contributed by atoms with Crippen LogP contribution in [-0.2, 0) is 15.4 Å². The molecule has 0 aliphatic heterocycles. The fraction of sp³-hybridized carbons (Fsp3) is 0.600. The maximum Gasteiger partial charge on any atom is 0.208 e. The molecule has 0 aliphatic rings. The second-order valence-corrected chi connectivity index (χ2v) is 8.05. The highest BCUT2D eigenvalue weighted by Crippen LogP contribution is 2.23. The zero-order chi connectivity index (χ0) is 15.4. The summed E-state index contributed by atoms with van der Waals surface area (Å²) in [7, 11) is -3.10. The van der Waals surface area contributed by atoms with Crippen molar-refractivity contribution in [2.24, 2.45) is 0 Å². The van der Waals surface area contributed by atoms with Gasteiger partial charge in [-0.2, -0.15) is 0 Å². The van der Waals surface area contributed by atoms with Gasteiger partial charge in [0.2, 0.25) is 10.0 Å². The topological polar surface area (TPSA) is 58.2 Å². The number of nitrogens with one attached hydrogen (secondary N) is 2. The average molecular weight is 298 g/mol. The van der Waals surface area contributed by atoms with Gasteiger partial charge in [0.15, 0.2) is 0 Å². The molecule has 0 aliphatic carbocycles. The first kappa shape index (κ1) is 17.1. The van der Waals surface area contributed by atoms with E-state index in [0.29, 0.717) is 13.1 Å². The van der Waals surface area contributed by atoms with Crippen LogP contribution in [0.3, 0.4) is 0 Å². The standard InChI is InChI=1S/C15H26N2O2S/c1-12(16-10-11-17-20(5,18)19)13-6-8-14(9-7-13)15(2,3)4/h6-9,12,16-17H,10-11H2,1-5H3. The molecule has 1 rings (SSSR count). The first-order valence-corrected chi connectivity index (χ1v) is 8.77. The summed E-state index contributed by atoms with van der Waals surface area (Å²) >= 11 is 0. The smallest absolute Gasteiger partial charge is 0.208 e. The molecule has 0 aromatic heterocycles. The lowest BCUT2D eigenvalue weighted by atomic mass is 9.86. The van der Waals surface area contributed by atoms with E-state index in [9.17, 15) is 8.42 Å². The van der Waals surface area contributed by atoms with Gasteiger partial charge in [0.05, 0.1) is 6.26 Å². The zero-order valence-corrected chi connectivity index (χ0v) is 13.8. The van der Waals surface area contributed by atoms with Crippen LogP contribution in [0, 0.1) is 0 Å². The molecule has 0 saturated heterocycles. The van der Waals surface area contributed by atoms with Crippen molar-refractivity contribution in [1.29, 1.82) is 0 Å². The van der Waals surface area contributed by atoms with Gasteiger partial charge in [0, 0.05) is 19.1 Å². The molecular formula is C15H26N2O2S. The third-order valence-corrected chi connectivity index (χ3v) is 3.94. The molecule has 4 nitrogen and oxygen atoms in total. The van der Waals surface area contributed by atoms with Crippen molar-refractivity contribution in [3.63, 3.8) is 0 Å². The second kappa shape index (κ2) is 6.70. The highest BCUT2D eigenvalue weighted by atomic mass is 32.2. The summed E-state index contributed by atoms with van der Waals surface area (Å²) in [5.74, 6) is 0. The minimum absolute atomic E-state index is 0.161. The molecule has 0 bridgehead atoms. The average Bonchev–Trinajstić information content (AvgIpc) is 2.32. The Hall–Kier alpha value is -0.910. The SMILES string of the molecule is CC(NCCNS(C)(=O)=O)c1ccc(C(C)(C)C)cc1. The Kier molecular flexibility index (Phi) is 5.74. The van der Waals surface area contributed by atoms with Crippen molar-refractivity contribution in [3.8, 4) is 0 Å². The molecule has 1 aromatic rings. The summed E-state index contributed by atoms with van der Waals surface area (Å²) in [6, 6.07) is 8.76. The van der Waals surface area contributed by atoms with E-state index in [2.05, 4.69) is 62.0 Å². The predicted octanol–water partition coefficient (Wildman–Crippen LogP) is 2.18. The Morgan fingerprint density at radius 2 is 1.65 bits per heavy atom. The van der Waals surface area contributed by atoms with E-state index in [1.54, 1.807) is 0 Å². The fourth-order valence-corrected chi connectivity index (χ4v) is 2.39. The van der Waals surface area contributed by atoms with Gasteiger partial charge in [0.1, 0.15) is 0 Å². The van der Waals surface area contributed by atoms with E-state index < -0.39 is 10.0 Å². The fourth-order valence-electron chi connectivity index (χ4n) is 1.91. The van der Waals surface area contributed by atoms with Gasteiger partial charge in [-0.05, 0) is 23.5 Å². The van der Waals surface area contributed by atoms with Crippen molar-refractivity contribution in [3.05, 3.63) is 35.4 Å². The number of hydrogen-bond donors (Lipinski definition) is 2. The van der Waals surface area contributed by atoms with Crippen molar-refractivity contribution in [2.45, 2.75) is 39.2 Å². The summed E-state index contributed by atoms with van der Waals surface area (Å²) < 4.78 is 24.3. The van der Waals surface area contributed by atoms with Gasteiger partial charge in [-0.3, -0.25) is 0 Å². The number of rotatable bonds is 6. The van der Waals surface area contributed by atoms with Gasteiger partial charge >= 0.3 is 0 Å². The van der Waals surface area contributed by atoms with Crippen LogP contribution in [0.1, 0.15) is 44.9 Å². The molecule has 0 fully saturated rings. The van der Waals surface area contributed by atoms with Gasteiger partial charge in [-0.1, -0.05) is 45.0 Å². The molecule has 1 aromatic carbocycles. The van der Waals surface area contributed by atoms with Crippen LogP contribution >= 0.6 is 0 Å². The zero-order valence-electron chi connectivity index (χ0n) is 13.0. The first-order chi connectivity index (χ1) is 9.09. The molecule has 20 heavy (non-hydrogen) atoms. The van der Waals surface area contributed by atoms with Crippen molar-refractivity contribution < 1.29 is 8.42 Å². The maximum atomic E-state index is 10.9. The number of benzene rings is 1. The van der Waals surface area contributed by atoms with E-state index >= 15 is 0 Å². The van der Waals surface area contributed by atoms with Crippen molar-refractivity contribution in [1.82, 2.24) is 10.0 Å². The Morgan fingerprint density at radius 3 is 2.10 bits per heavy atom. The van der Waals surface area contributed by atoms with Gasteiger partial charge < -0.3 is 5.32 Å². The van der Waals surface area contributed by atoms with Crippen LogP contribution < -0.4 is 10.0 Å². The Labute approximate surface area is 123 Å². The third-order valence-electron chi connectivity index (χ3n) is 3.22. The van der Waals surface area contributed by atoms with E-state index in [0.717, 1.165) is 0 Å². The van der Waals surface area contributed by atoms with Crippen LogP contribution in [0.4, 0.5) is 0 Å². The lowest BCUT2D eigenvalue weighted by Crippen LogP contribution is -2.32. The molecule has 0 heterocycles. The highest BCUT2D eigenvalue weighted by molar-refractivity contribution is 7.88. The Morgan fingerprint density at radius 1 is 1.10 bits per heavy atom.